The average molecular weight is 417 g/mol. The minimum atomic E-state index is -1.10. The second-order valence-electron chi connectivity index (χ2n) is 5.96. The molecule has 1 saturated heterocycles. The predicted molar refractivity (Wildman–Crippen MR) is 94.6 cm³/mol. The van der Waals surface area contributed by atoms with E-state index in [1.54, 1.807) is 0 Å². The van der Waals surface area contributed by atoms with E-state index in [0.717, 1.165) is 24.3 Å². The Morgan fingerprint density at radius 2 is 1.33 bits per heavy atom. The molecular weight excluding hydrogens is 404 g/mol. The highest BCUT2D eigenvalue weighted by Crippen LogP contribution is 2.26. The Hall–Kier alpha value is -2.25. The Labute approximate surface area is 163 Å². The molecule has 1 fully saturated rings. The number of piperazine rings is 1. The third-order valence-electron chi connectivity index (χ3n) is 4.26. The Bertz CT molecular complexity index is 916. The molecule has 0 spiro atoms. The van der Waals surface area contributed by atoms with Gasteiger partial charge in [0, 0.05) is 31.7 Å². The summed E-state index contributed by atoms with van der Waals surface area (Å²) in [5, 5.41) is -0.148. The van der Waals surface area contributed by atoms with Crippen LogP contribution in [0, 0.1) is 17.5 Å². The SMILES string of the molecule is O=C(c1ccc(F)c(F)c1)N1CCN(C(=O)c2cc(F)c(Cl)cc2Cl)CC1. The van der Waals surface area contributed by atoms with E-state index in [-0.39, 0.29) is 47.4 Å². The van der Waals surface area contributed by atoms with E-state index < -0.39 is 29.3 Å². The number of hydrogen-bond donors (Lipinski definition) is 0. The largest absolute Gasteiger partial charge is 0.335 e. The molecule has 0 aromatic heterocycles. The van der Waals surface area contributed by atoms with Gasteiger partial charge < -0.3 is 9.80 Å². The molecule has 4 nitrogen and oxygen atoms in total. The van der Waals surface area contributed by atoms with Gasteiger partial charge in [-0.2, -0.15) is 0 Å². The fraction of sp³-hybridized carbons (Fsp3) is 0.222. The van der Waals surface area contributed by atoms with Crippen molar-refractivity contribution in [2.45, 2.75) is 0 Å². The van der Waals surface area contributed by atoms with Crippen LogP contribution in [0.2, 0.25) is 10.0 Å². The summed E-state index contributed by atoms with van der Waals surface area (Å²) in [5.41, 5.74) is 0.00967. The van der Waals surface area contributed by atoms with Crippen molar-refractivity contribution in [3.63, 3.8) is 0 Å². The summed E-state index contributed by atoms with van der Waals surface area (Å²) in [6, 6.07) is 5.07. The van der Waals surface area contributed by atoms with Crippen LogP contribution in [0.25, 0.3) is 0 Å². The molecule has 9 heteroatoms. The molecule has 2 aromatic carbocycles. The van der Waals surface area contributed by atoms with Gasteiger partial charge in [-0.3, -0.25) is 9.59 Å². The van der Waals surface area contributed by atoms with Crippen molar-refractivity contribution in [3.8, 4) is 0 Å². The molecule has 2 aromatic rings. The fourth-order valence-corrected chi connectivity index (χ4v) is 3.25. The first kappa shape index (κ1) is 19.5. The average Bonchev–Trinajstić information content (AvgIpc) is 2.66. The zero-order valence-electron chi connectivity index (χ0n) is 13.8. The summed E-state index contributed by atoms with van der Waals surface area (Å²) in [6.07, 6.45) is 0. The quantitative estimate of drug-likeness (QED) is 0.693. The number of hydrogen-bond acceptors (Lipinski definition) is 2. The van der Waals surface area contributed by atoms with E-state index in [1.165, 1.54) is 15.9 Å². The number of nitrogens with zero attached hydrogens (tertiary/aromatic N) is 2. The van der Waals surface area contributed by atoms with E-state index in [4.69, 9.17) is 23.2 Å². The topological polar surface area (TPSA) is 40.6 Å². The maximum absolute atomic E-state index is 13.6. The van der Waals surface area contributed by atoms with E-state index in [2.05, 4.69) is 0 Å². The Morgan fingerprint density at radius 3 is 1.93 bits per heavy atom. The second-order valence-corrected chi connectivity index (χ2v) is 6.77. The van der Waals surface area contributed by atoms with Gasteiger partial charge in [0.2, 0.25) is 0 Å². The second kappa shape index (κ2) is 7.78. The highest BCUT2D eigenvalue weighted by atomic mass is 35.5. The van der Waals surface area contributed by atoms with Crippen LogP contribution < -0.4 is 0 Å². The minimum absolute atomic E-state index is 0.0149. The van der Waals surface area contributed by atoms with Crippen LogP contribution in [0.3, 0.4) is 0 Å². The van der Waals surface area contributed by atoms with Gasteiger partial charge in [-0.1, -0.05) is 23.2 Å². The third kappa shape index (κ3) is 4.04. The van der Waals surface area contributed by atoms with Gasteiger partial charge in [0.1, 0.15) is 5.82 Å². The number of carbonyl (C=O) groups excluding carboxylic acids is 2. The Balaban J connectivity index is 1.68. The molecule has 0 unspecified atom stereocenters. The summed E-state index contributed by atoms with van der Waals surface area (Å²) in [6.45, 7) is 0.762. The summed E-state index contributed by atoms with van der Waals surface area (Å²) in [7, 11) is 0. The fourth-order valence-electron chi connectivity index (χ4n) is 2.78. The lowest BCUT2D eigenvalue weighted by molar-refractivity contribution is 0.0535. The van der Waals surface area contributed by atoms with Gasteiger partial charge in [-0.05, 0) is 30.3 Å². The Morgan fingerprint density at radius 1 is 0.741 bits per heavy atom. The molecule has 0 N–H and O–H groups in total. The molecule has 1 heterocycles. The van der Waals surface area contributed by atoms with Gasteiger partial charge in [0.15, 0.2) is 11.6 Å². The molecule has 0 saturated carbocycles. The third-order valence-corrected chi connectivity index (χ3v) is 4.86. The van der Waals surface area contributed by atoms with Gasteiger partial charge in [-0.15, -0.1) is 0 Å². The molecule has 3 rings (SSSR count). The molecule has 142 valence electrons. The Kier molecular flexibility index (Phi) is 5.62. The first-order chi connectivity index (χ1) is 12.8. The first-order valence-corrected chi connectivity index (χ1v) is 8.71. The van der Waals surface area contributed by atoms with Crippen LogP contribution >= 0.6 is 23.2 Å². The van der Waals surface area contributed by atoms with Crippen LogP contribution in [-0.4, -0.2) is 47.8 Å². The van der Waals surface area contributed by atoms with Crippen molar-refractivity contribution < 1.29 is 22.8 Å². The van der Waals surface area contributed by atoms with Crippen molar-refractivity contribution in [2.75, 3.05) is 26.2 Å². The molecule has 0 bridgehead atoms. The lowest BCUT2D eigenvalue weighted by atomic mass is 10.1. The molecular formula is C18H13Cl2F3N2O2. The number of amides is 2. The number of benzene rings is 2. The van der Waals surface area contributed by atoms with E-state index in [9.17, 15) is 22.8 Å². The summed E-state index contributed by atoms with van der Waals surface area (Å²) in [5.74, 6) is -3.83. The highest BCUT2D eigenvalue weighted by Gasteiger charge is 2.27. The van der Waals surface area contributed by atoms with Crippen molar-refractivity contribution in [3.05, 3.63) is 69.0 Å². The van der Waals surface area contributed by atoms with Crippen LogP contribution in [0.1, 0.15) is 20.7 Å². The van der Waals surface area contributed by atoms with E-state index in [0.29, 0.717) is 0 Å². The monoisotopic (exact) mass is 416 g/mol. The highest BCUT2D eigenvalue weighted by molar-refractivity contribution is 6.36. The molecule has 0 aliphatic carbocycles. The van der Waals surface area contributed by atoms with Gasteiger partial charge >= 0.3 is 0 Å². The summed E-state index contributed by atoms with van der Waals surface area (Å²) >= 11 is 11.6. The standard InChI is InChI=1S/C18H13Cl2F3N2O2/c19-12-9-13(20)15(22)8-11(12)18(27)25-5-3-24(4-6-25)17(26)10-1-2-14(21)16(23)7-10/h1-2,7-9H,3-6H2. The minimum Gasteiger partial charge on any atom is -0.335 e. The normalized spacial score (nSPS) is 14.4. The van der Waals surface area contributed by atoms with Crippen molar-refractivity contribution in [2.24, 2.45) is 0 Å². The van der Waals surface area contributed by atoms with Crippen molar-refractivity contribution in [1.82, 2.24) is 9.80 Å². The maximum Gasteiger partial charge on any atom is 0.255 e. The van der Waals surface area contributed by atoms with Crippen LogP contribution in [-0.2, 0) is 0 Å². The van der Waals surface area contributed by atoms with Crippen molar-refractivity contribution >= 4 is 35.0 Å². The molecule has 2 amide bonds. The maximum atomic E-state index is 13.6. The molecule has 0 atom stereocenters. The van der Waals surface area contributed by atoms with Crippen LogP contribution in [0.4, 0.5) is 13.2 Å². The molecule has 0 radical (unpaired) electrons. The zero-order chi connectivity index (χ0) is 19.7. The zero-order valence-corrected chi connectivity index (χ0v) is 15.3. The van der Waals surface area contributed by atoms with Gasteiger partial charge in [0.05, 0.1) is 15.6 Å². The number of halogens is 5. The number of carbonyl (C=O) groups is 2. The van der Waals surface area contributed by atoms with Crippen LogP contribution in [0.15, 0.2) is 30.3 Å². The lowest BCUT2D eigenvalue weighted by Crippen LogP contribution is -2.50. The molecule has 1 aliphatic heterocycles. The van der Waals surface area contributed by atoms with Gasteiger partial charge in [-0.25, -0.2) is 13.2 Å². The van der Waals surface area contributed by atoms with Crippen LogP contribution in [0.5, 0.6) is 0 Å². The molecule has 27 heavy (non-hydrogen) atoms. The predicted octanol–water partition coefficient (Wildman–Crippen LogP) is 4.01. The van der Waals surface area contributed by atoms with Gasteiger partial charge in [0.25, 0.3) is 11.8 Å². The smallest absolute Gasteiger partial charge is 0.255 e. The first-order valence-electron chi connectivity index (χ1n) is 7.96. The summed E-state index contributed by atoms with van der Waals surface area (Å²) in [4.78, 5) is 27.8. The number of rotatable bonds is 2. The summed E-state index contributed by atoms with van der Waals surface area (Å²) < 4.78 is 39.9. The van der Waals surface area contributed by atoms with E-state index in [1.807, 2.05) is 0 Å². The van der Waals surface area contributed by atoms with E-state index >= 15 is 0 Å². The molecule has 1 aliphatic rings. The lowest BCUT2D eigenvalue weighted by Gasteiger charge is -2.35. The van der Waals surface area contributed by atoms with Crippen molar-refractivity contribution in [1.29, 1.82) is 0 Å².